The van der Waals surface area contributed by atoms with E-state index in [0.717, 1.165) is 66.9 Å². The quantitative estimate of drug-likeness (QED) is 0.216. The summed E-state index contributed by atoms with van der Waals surface area (Å²) in [4.78, 5) is 10.0. The van der Waals surface area contributed by atoms with Gasteiger partial charge in [0.05, 0.1) is 22.4 Å². The van der Waals surface area contributed by atoms with Gasteiger partial charge in [-0.3, -0.25) is 0 Å². The van der Waals surface area contributed by atoms with Gasteiger partial charge in [-0.05, 0) is 67.3 Å². The molecule has 0 radical (unpaired) electrons. The standard InChI is InChI=1S/C37H28N4O/c1-23-21-24(2)33(25(3)22-23)37-41-40-36(42-37)30-19-15-27(16-20-30)26-13-17-29(18-14-26)35-34(28-9-5-4-6-10-28)38-31-11-7-8-12-32(31)39-35/h4-22H,1-3H3. The van der Waals surface area contributed by atoms with Crippen LogP contribution in [-0.4, -0.2) is 20.2 Å². The van der Waals surface area contributed by atoms with Crippen molar-refractivity contribution in [3.63, 3.8) is 0 Å². The van der Waals surface area contributed by atoms with Crippen molar-refractivity contribution in [3.05, 3.63) is 132 Å². The Morgan fingerprint density at radius 1 is 0.452 bits per heavy atom. The molecule has 0 N–H and O–H groups in total. The number of hydrogen-bond acceptors (Lipinski definition) is 5. The first-order valence-electron chi connectivity index (χ1n) is 14.0. The van der Waals surface area contributed by atoms with Crippen LogP contribution < -0.4 is 0 Å². The Kier molecular flexibility index (Phi) is 6.40. The molecule has 5 heteroatoms. The first-order chi connectivity index (χ1) is 20.5. The minimum atomic E-state index is 0.509. The Labute approximate surface area is 244 Å². The van der Waals surface area contributed by atoms with Crippen LogP contribution >= 0.6 is 0 Å². The molecule has 5 aromatic carbocycles. The number of benzene rings is 5. The van der Waals surface area contributed by atoms with Gasteiger partial charge in [0.25, 0.3) is 0 Å². The molecule has 0 aliphatic heterocycles. The highest BCUT2D eigenvalue weighted by Gasteiger charge is 2.16. The van der Waals surface area contributed by atoms with Crippen LogP contribution in [0.1, 0.15) is 16.7 Å². The molecule has 0 amide bonds. The average Bonchev–Trinajstić information content (AvgIpc) is 3.50. The van der Waals surface area contributed by atoms with Crippen molar-refractivity contribution < 1.29 is 4.42 Å². The fraction of sp³-hybridized carbons (Fsp3) is 0.0811. The number of rotatable bonds is 5. The number of aryl methyl sites for hydroxylation is 3. The van der Waals surface area contributed by atoms with Gasteiger partial charge in [-0.15, -0.1) is 10.2 Å². The van der Waals surface area contributed by atoms with E-state index in [1.807, 2.05) is 54.6 Å². The van der Waals surface area contributed by atoms with Gasteiger partial charge in [-0.25, -0.2) is 9.97 Å². The predicted octanol–water partition coefficient (Wildman–Crippen LogP) is 9.27. The van der Waals surface area contributed by atoms with Gasteiger partial charge in [0.15, 0.2) is 0 Å². The van der Waals surface area contributed by atoms with Crippen LogP contribution in [0.15, 0.2) is 120 Å². The van der Waals surface area contributed by atoms with E-state index in [9.17, 15) is 0 Å². The Balaban J connectivity index is 1.18. The molecule has 7 aromatic rings. The minimum absolute atomic E-state index is 0.509. The lowest BCUT2D eigenvalue weighted by Gasteiger charge is -2.11. The van der Waals surface area contributed by atoms with E-state index in [1.54, 1.807) is 0 Å². The highest BCUT2D eigenvalue weighted by Crippen LogP contribution is 2.34. The highest BCUT2D eigenvalue weighted by atomic mass is 16.4. The molecule has 2 heterocycles. The summed E-state index contributed by atoms with van der Waals surface area (Å²) >= 11 is 0. The largest absolute Gasteiger partial charge is 0.416 e. The maximum Gasteiger partial charge on any atom is 0.248 e. The highest BCUT2D eigenvalue weighted by molar-refractivity contribution is 5.86. The molecular weight excluding hydrogens is 516 g/mol. The minimum Gasteiger partial charge on any atom is -0.416 e. The van der Waals surface area contributed by atoms with Crippen molar-refractivity contribution in [1.29, 1.82) is 0 Å². The molecule has 0 aliphatic carbocycles. The van der Waals surface area contributed by atoms with E-state index in [2.05, 4.69) is 91.6 Å². The lowest BCUT2D eigenvalue weighted by atomic mass is 9.99. The number of hydrogen-bond donors (Lipinski definition) is 0. The Morgan fingerprint density at radius 3 is 1.48 bits per heavy atom. The van der Waals surface area contributed by atoms with Crippen LogP contribution in [0.5, 0.6) is 0 Å². The van der Waals surface area contributed by atoms with Crippen molar-refractivity contribution in [2.45, 2.75) is 20.8 Å². The Morgan fingerprint density at radius 2 is 0.905 bits per heavy atom. The average molecular weight is 545 g/mol. The molecule has 42 heavy (non-hydrogen) atoms. The van der Waals surface area contributed by atoms with E-state index < -0.39 is 0 Å². The van der Waals surface area contributed by atoms with E-state index in [-0.39, 0.29) is 0 Å². The maximum atomic E-state index is 6.11. The van der Waals surface area contributed by atoms with Gasteiger partial charge in [0.2, 0.25) is 11.8 Å². The smallest absolute Gasteiger partial charge is 0.248 e. The summed E-state index contributed by atoms with van der Waals surface area (Å²) in [6, 6.07) is 39.2. The van der Waals surface area contributed by atoms with Gasteiger partial charge < -0.3 is 4.42 Å². The van der Waals surface area contributed by atoms with Crippen molar-refractivity contribution in [2.75, 3.05) is 0 Å². The van der Waals surface area contributed by atoms with Crippen molar-refractivity contribution in [1.82, 2.24) is 20.2 Å². The molecule has 0 aliphatic rings. The first kappa shape index (κ1) is 25.5. The number of fused-ring (bicyclic) bond motifs is 1. The number of para-hydroxylation sites is 2. The van der Waals surface area contributed by atoms with Crippen LogP contribution in [0.25, 0.3) is 67.6 Å². The third kappa shape index (κ3) is 4.75. The summed E-state index contributed by atoms with van der Waals surface area (Å²) in [6.45, 7) is 6.25. The van der Waals surface area contributed by atoms with Gasteiger partial charge in [-0.1, -0.05) is 96.6 Å². The molecule has 0 atom stereocenters. The zero-order valence-electron chi connectivity index (χ0n) is 23.7. The summed E-state index contributed by atoms with van der Waals surface area (Å²) in [5.41, 5.74) is 13.2. The summed E-state index contributed by atoms with van der Waals surface area (Å²) in [6.07, 6.45) is 0. The van der Waals surface area contributed by atoms with Gasteiger partial charge in [0.1, 0.15) is 0 Å². The second-order valence-corrected chi connectivity index (χ2v) is 10.6. The molecule has 2 aromatic heterocycles. The SMILES string of the molecule is Cc1cc(C)c(-c2nnc(-c3ccc(-c4ccc(-c5nc6ccccc6nc5-c5ccccc5)cc4)cc3)o2)c(C)c1. The van der Waals surface area contributed by atoms with Crippen LogP contribution in [0.2, 0.25) is 0 Å². The predicted molar refractivity (Wildman–Crippen MR) is 169 cm³/mol. The van der Waals surface area contributed by atoms with Crippen molar-refractivity contribution >= 4 is 11.0 Å². The first-order valence-corrected chi connectivity index (χ1v) is 14.0. The zero-order chi connectivity index (χ0) is 28.6. The third-order valence-corrected chi connectivity index (χ3v) is 7.56. The molecular formula is C37H28N4O. The molecule has 0 fully saturated rings. The van der Waals surface area contributed by atoms with E-state index in [4.69, 9.17) is 14.4 Å². The molecule has 0 saturated carbocycles. The monoisotopic (exact) mass is 544 g/mol. The second-order valence-electron chi connectivity index (χ2n) is 10.6. The molecule has 0 spiro atoms. The molecule has 202 valence electrons. The van der Waals surface area contributed by atoms with E-state index >= 15 is 0 Å². The molecule has 0 saturated heterocycles. The number of aromatic nitrogens is 4. The Bertz CT molecular complexity index is 2020. The van der Waals surface area contributed by atoms with Gasteiger partial charge in [0, 0.05) is 22.3 Å². The maximum absolute atomic E-state index is 6.11. The zero-order valence-corrected chi connectivity index (χ0v) is 23.7. The van der Waals surface area contributed by atoms with Gasteiger partial charge >= 0.3 is 0 Å². The van der Waals surface area contributed by atoms with E-state index in [0.29, 0.717) is 11.8 Å². The summed E-state index contributed by atoms with van der Waals surface area (Å²) in [5, 5.41) is 8.69. The summed E-state index contributed by atoms with van der Waals surface area (Å²) < 4.78 is 6.11. The topological polar surface area (TPSA) is 64.7 Å². The van der Waals surface area contributed by atoms with Crippen LogP contribution in [0.4, 0.5) is 0 Å². The Hall–Kier alpha value is -5.42. The molecule has 5 nitrogen and oxygen atoms in total. The molecule has 7 rings (SSSR count). The summed E-state index contributed by atoms with van der Waals surface area (Å²) in [7, 11) is 0. The van der Waals surface area contributed by atoms with Crippen molar-refractivity contribution in [3.8, 4) is 56.6 Å². The molecule has 0 unspecified atom stereocenters. The second kappa shape index (κ2) is 10.5. The lowest BCUT2D eigenvalue weighted by Crippen LogP contribution is -1.95. The lowest BCUT2D eigenvalue weighted by molar-refractivity contribution is 0.583. The fourth-order valence-corrected chi connectivity index (χ4v) is 5.58. The van der Waals surface area contributed by atoms with Crippen LogP contribution in [-0.2, 0) is 0 Å². The number of nitrogens with zero attached hydrogens (tertiary/aromatic N) is 4. The van der Waals surface area contributed by atoms with Crippen LogP contribution in [0.3, 0.4) is 0 Å². The van der Waals surface area contributed by atoms with Crippen molar-refractivity contribution in [2.24, 2.45) is 0 Å². The normalized spacial score (nSPS) is 11.2. The van der Waals surface area contributed by atoms with Gasteiger partial charge in [-0.2, -0.15) is 0 Å². The van der Waals surface area contributed by atoms with E-state index in [1.165, 1.54) is 5.56 Å². The molecule has 0 bridgehead atoms. The third-order valence-electron chi connectivity index (χ3n) is 7.56. The summed E-state index contributed by atoms with van der Waals surface area (Å²) in [5.74, 6) is 1.06. The van der Waals surface area contributed by atoms with Crippen LogP contribution in [0, 0.1) is 20.8 Å². The fourth-order valence-electron chi connectivity index (χ4n) is 5.58.